The minimum Gasteiger partial charge on any atom is -0.399 e. The Hall–Kier alpha value is -2.16. The Kier molecular flexibility index (Phi) is 5.40. The van der Waals surface area contributed by atoms with Gasteiger partial charge in [0.2, 0.25) is 0 Å². The van der Waals surface area contributed by atoms with Gasteiger partial charge in [0.1, 0.15) is 0 Å². The molecule has 1 saturated heterocycles. The fourth-order valence-corrected chi connectivity index (χ4v) is 3.45. The van der Waals surface area contributed by atoms with Crippen LogP contribution in [0.4, 0.5) is 0 Å². The molecule has 1 heterocycles. The third-order valence-corrected chi connectivity index (χ3v) is 6.42. The van der Waals surface area contributed by atoms with Crippen molar-refractivity contribution in [2.45, 2.75) is 50.7 Å². The smallest absolute Gasteiger partial charge is 0.399 e. The molecule has 0 unspecified atom stereocenters. The van der Waals surface area contributed by atoms with Crippen LogP contribution in [-0.2, 0) is 19.3 Å². The minimum absolute atomic E-state index is 0.173. The first-order valence-electron chi connectivity index (χ1n) is 9.07. The van der Waals surface area contributed by atoms with E-state index in [1.165, 1.54) is 6.21 Å². The van der Waals surface area contributed by atoms with Crippen molar-refractivity contribution in [3.63, 3.8) is 0 Å². The summed E-state index contributed by atoms with van der Waals surface area (Å²) in [7, 11) is -4.12. The molecule has 6 nitrogen and oxygen atoms in total. The predicted octanol–water partition coefficient (Wildman–Crippen LogP) is 2.61. The van der Waals surface area contributed by atoms with E-state index in [9.17, 15) is 8.42 Å². The SMILES string of the molecule is Cc1ccc(S(=O)(=O)N/N=C\c2ccc(B3OC(C)(C)C(C)(C)O3)cc2)cc1. The fourth-order valence-electron chi connectivity index (χ4n) is 2.66. The van der Waals surface area contributed by atoms with Crippen molar-refractivity contribution >= 4 is 28.8 Å². The van der Waals surface area contributed by atoms with Gasteiger partial charge >= 0.3 is 7.12 Å². The van der Waals surface area contributed by atoms with Gasteiger partial charge in [-0.2, -0.15) is 13.5 Å². The highest BCUT2D eigenvalue weighted by Crippen LogP contribution is 2.36. The van der Waals surface area contributed by atoms with Gasteiger partial charge in [-0.1, -0.05) is 42.0 Å². The molecule has 1 aliphatic rings. The molecule has 0 saturated carbocycles. The summed E-state index contributed by atoms with van der Waals surface area (Å²) >= 11 is 0. The maximum absolute atomic E-state index is 12.2. The van der Waals surface area contributed by atoms with Crippen molar-refractivity contribution in [2.75, 3.05) is 0 Å². The zero-order chi connectivity index (χ0) is 20.6. The lowest BCUT2D eigenvalue weighted by Gasteiger charge is -2.32. The van der Waals surface area contributed by atoms with Crippen LogP contribution >= 0.6 is 0 Å². The molecule has 1 aliphatic heterocycles. The van der Waals surface area contributed by atoms with E-state index in [-0.39, 0.29) is 4.90 Å². The molecule has 3 rings (SSSR count). The molecule has 28 heavy (non-hydrogen) atoms. The quantitative estimate of drug-likeness (QED) is 0.476. The zero-order valence-corrected chi connectivity index (χ0v) is 17.6. The molecule has 148 valence electrons. The molecule has 8 heteroatoms. The molecule has 0 aliphatic carbocycles. The fraction of sp³-hybridized carbons (Fsp3) is 0.350. The van der Waals surface area contributed by atoms with E-state index in [2.05, 4.69) is 9.93 Å². The maximum Gasteiger partial charge on any atom is 0.494 e. The molecule has 2 aromatic rings. The second-order valence-electron chi connectivity index (χ2n) is 7.92. The van der Waals surface area contributed by atoms with Gasteiger partial charge in [-0.15, -0.1) is 0 Å². The molecule has 0 amide bonds. The van der Waals surface area contributed by atoms with Crippen molar-refractivity contribution in [2.24, 2.45) is 5.10 Å². The number of nitrogens with one attached hydrogen (secondary N) is 1. The van der Waals surface area contributed by atoms with E-state index in [1.54, 1.807) is 24.3 Å². The molecule has 0 spiro atoms. The summed E-state index contributed by atoms with van der Waals surface area (Å²) in [6.07, 6.45) is 1.46. The van der Waals surface area contributed by atoms with Gasteiger partial charge in [0, 0.05) is 0 Å². The largest absolute Gasteiger partial charge is 0.494 e. The number of hydrazone groups is 1. The van der Waals surface area contributed by atoms with Crippen molar-refractivity contribution < 1.29 is 17.7 Å². The first-order chi connectivity index (χ1) is 13.0. The molecule has 1 N–H and O–H groups in total. The normalized spacial score (nSPS) is 18.5. The summed E-state index contributed by atoms with van der Waals surface area (Å²) in [6.45, 7) is 9.93. The second kappa shape index (κ2) is 7.35. The molecule has 0 bridgehead atoms. The van der Waals surface area contributed by atoms with Crippen LogP contribution in [0.2, 0.25) is 0 Å². The molecule has 2 aromatic carbocycles. The van der Waals surface area contributed by atoms with Gasteiger partial charge in [-0.05, 0) is 57.8 Å². The number of nitrogens with zero attached hydrogens (tertiary/aromatic N) is 1. The molecule has 0 radical (unpaired) electrons. The monoisotopic (exact) mass is 400 g/mol. The van der Waals surface area contributed by atoms with Crippen LogP contribution < -0.4 is 10.3 Å². The third kappa shape index (κ3) is 4.29. The van der Waals surface area contributed by atoms with Crippen molar-refractivity contribution in [1.29, 1.82) is 0 Å². The lowest BCUT2D eigenvalue weighted by molar-refractivity contribution is 0.00578. The summed E-state index contributed by atoms with van der Waals surface area (Å²) in [5, 5.41) is 3.86. The Bertz CT molecular complexity index is 952. The van der Waals surface area contributed by atoms with Gasteiger partial charge < -0.3 is 9.31 Å². The number of rotatable bonds is 5. The first kappa shape index (κ1) is 20.6. The average Bonchev–Trinajstić information content (AvgIpc) is 2.83. The van der Waals surface area contributed by atoms with Crippen molar-refractivity contribution in [1.82, 2.24) is 4.83 Å². The Morgan fingerprint density at radius 2 is 1.46 bits per heavy atom. The minimum atomic E-state index is -3.68. The van der Waals surface area contributed by atoms with Crippen LogP contribution in [0.25, 0.3) is 0 Å². The van der Waals surface area contributed by atoms with Gasteiger partial charge in [0.15, 0.2) is 0 Å². The zero-order valence-electron chi connectivity index (χ0n) is 16.8. The van der Waals surface area contributed by atoms with E-state index in [0.29, 0.717) is 0 Å². The van der Waals surface area contributed by atoms with Crippen LogP contribution in [0, 0.1) is 6.92 Å². The number of benzene rings is 2. The third-order valence-electron chi connectivity index (χ3n) is 5.18. The number of sulfonamides is 1. The van der Waals surface area contributed by atoms with Gasteiger partial charge in [-0.3, -0.25) is 0 Å². The summed E-state index contributed by atoms with van der Waals surface area (Å²) < 4.78 is 36.5. The average molecular weight is 400 g/mol. The highest BCUT2D eigenvalue weighted by Gasteiger charge is 2.51. The van der Waals surface area contributed by atoms with Gasteiger partial charge in [-0.25, -0.2) is 4.83 Å². The van der Waals surface area contributed by atoms with E-state index in [4.69, 9.17) is 9.31 Å². The van der Waals surface area contributed by atoms with Crippen LogP contribution in [0.15, 0.2) is 58.5 Å². The van der Waals surface area contributed by atoms with Crippen molar-refractivity contribution in [3.8, 4) is 0 Å². The second-order valence-corrected chi connectivity index (χ2v) is 9.58. The van der Waals surface area contributed by atoms with Gasteiger partial charge in [0.05, 0.1) is 22.3 Å². The number of hydrogen-bond acceptors (Lipinski definition) is 5. The Morgan fingerprint density at radius 3 is 2.00 bits per heavy atom. The van der Waals surface area contributed by atoms with Crippen LogP contribution in [0.5, 0.6) is 0 Å². The summed E-state index contributed by atoms with van der Waals surface area (Å²) in [5.41, 5.74) is 1.85. The van der Waals surface area contributed by atoms with Crippen LogP contribution in [0.3, 0.4) is 0 Å². The molecular formula is C20H25BN2O4S. The summed E-state index contributed by atoms with van der Waals surface area (Å²) in [5.74, 6) is 0. The summed E-state index contributed by atoms with van der Waals surface area (Å²) in [4.78, 5) is 2.40. The highest BCUT2D eigenvalue weighted by atomic mass is 32.2. The predicted molar refractivity (Wildman–Crippen MR) is 111 cm³/mol. The number of aryl methyl sites for hydroxylation is 1. The molecule has 0 aromatic heterocycles. The molecule has 1 fully saturated rings. The lowest BCUT2D eigenvalue weighted by atomic mass is 9.79. The Labute approximate surface area is 167 Å². The van der Waals surface area contributed by atoms with Crippen LogP contribution in [0.1, 0.15) is 38.8 Å². The Morgan fingerprint density at radius 1 is 0.929 bits per heavy atom. The van der Waals surface area contributed by atoms with E-state index in [0.717, 1.165) is 16.6 Å². The maximum atomic E-state index is 12.2. The topological polar surface area (TPSA) is 77.0 Å². The van der Waals surface area contributed by atoms with E-state index < -0.39 is 28.3 Å². The molecular weight excluding hydrogens is 375 g/mol. The van der Waals surface area contributed by atoms with Crippen LogP contribution in [-0.4, -0.2) is 33.0 Å². The standard InChI is InChI=1S/C20H25BN2O4S/c1-15-6-12-18(13-7-15)28(24,25)23-22-14-16-8-10-17(11-9-16)21-26-19(2,3)20(4,5)27-21/h6-14,23H,1-5H3/b22-14-. The lowest BCUT2D eigenvalue weighted by Crippen LogP contribution is -2.41. The highest BCUT2D eigenvalue weighted by molar-refractivity contribution is 7.89. The summed E-state index contributed by atoms with van der Waals surface area (Å²) in [6, 6.07) is 14.0. The van der Waals surface area contributed by atoms with E-state index >= 15 is 0 Å². The molecule has 0 atom stereocenters. The van der Waals surface area contributed by atoms with E-state index in [1.807, 2.05) is 58.9 Å². The first-order valence-corrected chi connectivity index (χ1v) is 10.6. The Balaban J connectivity index is 1.65. The van der Waals surface area contributed by atoms with Gasteiger partial charge in [0.25, 0.3) is 10.0 Å². The van der Waals surface area contributed by atoms with Crippen molar-refractivity contribution in [3.05, 3.63) is 59.7 Å². The number of hydrogen-bond donors (Lipinski definition) is 1.